The Morgan fingerprint density at radius 2 is 2.00 bits per heavy atom. The van der Waals surface area contributed by atoms with E-state index in [0.29, 0.717) is 6.42 Å². The minimum Gasteiger partial charge on any atom is -0.481 e. The second-order valence-electron chi connectivity index (χ2n) is 5.31. The minimum absolute atomic E-state index is 0.296. The molecule has 20 heavy (non-hydrogen) atoms. The van der Waals surface area contributed by atoms with Crippen LogP contribution in [0, 0.1) is 6.92 Å². The molecule has 0 spiro atoms. The van der Waals surface area contributed by atoms with Crippen LogP contribution in [0.15, 0.2) is 6.20 Å². The van der Waals surface area contributed by atoms with Crippen molar-refractivity contribution in [2.45, 2.75) is 32.7 Å². The van der Waals surface area contributed by atoms with Crippen molar-refractivity contribution >= 4 is 17.3 Å². The smallest absolute Gasteiger partial charge is 0.303 e. The van der Waals surface area contributed by atoms with Gasteiger partial charge in [0.1, 0.15) is 0 Å². The molecule has 0 aliphatic carbocycles. The maximum Gasteiger partial charge on any atom is 0.303 e. The Bertz CT molecular complexity index is 428. The highest BCUT2D eigenvalue weighted by Crippen LogP contribution is 2.15. The number of carboxylic acid groups (broad SMARTS) is 1. The number of hydrogen-bond acceptors (Lipinski definition) is 5. The average molecular weight is 297 g/mol. The van der Waals surface area contributed by atoms with Gasteiger partial charge in [-0.25, -0.2) is 4.98 Å². The van der Waals surface area contributed by atoms with Crippen molar-refractivity contribution in [3.8, 4) is 0 Å². The molecule has 0 saturated carbocycles. The van der Waals surface area contributed by atoms with E-state index in [1.54, 1.807) is 11.3 Å². The summed E-state index contributed by atoms with van der Waals surface area (Å²) < 4.78 is 0. The summed E-state index contributed by atoms with van der Waals surface area (Å²) >= 11 is 1.78. The largest absolute Gasteiger partial charge is 0.481 e. The molecule has 0 amide bonds. The summed E-state index contributed by atoms with van der Waals surface area (Å²) in [5.74, 6) is -0.685. The molecule has 1 aliphatic rings. The third-order valence-corrected chi connectivity index (χ3v) is 4.53. The highest BCUT2D eigenvalue weighted by Gasteiger charge is 2.17. The first-order chi connectivity index (χ1) is 9.63. The third-order valence-electron chi connectivity index (χ3n) is 3.63. The van der Waals surface area contributed by atoms with Crippen LogP contribution in [0.25, 0.3) is 0 Å². The third kappa shape index (κ3) is 5.19. The molecule has 1 fully saturated rings. The summed E-state index contributed by atoms with van der Waals surface area (Å²) in [6.45, 7) is 8.45. The zero-order valence-electron chi connectivity index (χ0n) is 12.0. The molecular formula is C14H23N3O2S. The highest BCUT2D eigenvalue weighted by atomic mass is 32.1. The molecule has 1 aromatic rings. The maximum absolute atomic E-state index is 10.4. The number of thiazole rings is 1. The number of carbonyl (C=O) groups is 1. The molecule has 2 heterocycles. The van der Waals surface area contributed by atoms with Gasteiger partial charge >= 0.3 is 5.97 Å². The van der Waals surface area contributed by atoms with Crippen LogP contribution in [-0.4, -0.2) is 58.6 Å². The van der Waals surface area contributed by atoms with Gasteiger partial charge in [0.2, 0.25) is 0 Å². The lowest BCUT2D eigenvalue weighted by atomic mass is 10.2. The lowest BCUT2D eigenvalue weighted by molar-refractivity contribution is -0.137. The van der Waals surface area contributed by atoms with Gasteiger partial charge in [-0.15, -0.1) is 11.3 Å². The predicted octanol–water partition coefficient (Wildman–Crippen LogP) is 1.82. The van der Waals surface area contributed by atoms with Crippen molar-refractivity contribution in [3.63, 3.8) is 0 Å². The molecule has 6 heteroatoms. The molecule has 1 aromatic heterocycles. The Morgan fingerprint density at radius 1 is 1.30 bits per heavy atom. The first kappa shape index (κ1) is 15.4. The van der Waals surface area contributed by atoms with Crippen LogP contribution in [0.1, 0.15) is 29.1 Å². The fourth-order valence-electron chi connectivity index (χ4n) is 2.48. The van der Waals surface area contributed by atoms with Crippen LogP contribution in [0.4, 0.5) is 0 Å². The summed E-state index contributed by atoms with van der Waals surface area (Å²) in [6, 6.07) is 0. The van der Waals surface area contributed by atoms with Gasteiger partial charge in [-0.3, -0.25) is 9.69 Å². The maximum atomic E-state index is 10.4. The summed E-state index contributed by atoms with van der Waals surface area (Å²) in [6.07, 6.45) is 4.05. The van der Waals surface area contributed by atoms with Crippen LogP contribution in [0.5, 0.6) is 0 Å². The van der Waals surface area contributed by atoms with E-state index < -0.39 is 5.97 Å². The Morgan fingerprint density at radius 3 is 2.60 bits per heavy atom. The van der Waals surface area contributed by atoms with Gasteiger partial charge < -0.3 is 10.0 Å². The van der Waals surface area contributed by atoms with E-state index in [1.807, 2.05) is 13.1 Å². The first-order valence-electron chi connectivity index (χ1n) is 7.21. The van der Waals surface area contributed by atoms with Crippen LogP contribution < -0.4 is 0 Å². The van der Waals surface area contributed by atoms with E-state index >= 15 is 0 Å². The number of aliphatic carboxylic acids is 1. The van der Waals surface area contributed by atoms with E-state index in [4.69, 9.17) is 5.11 Å². The van der Waals surface area contributed by atoms with Gasteiger partial charge in [-0.05, 0) is 26.3 Å². The lowest BCUT2D eigenvalue weighted by Crippen LogP contribution is -2.46. The van der Waals surface area contributed by atoms with Gasteiger partial charge in [0, 0.05) is 50.2 Å². The van der Waals surface area contributed by atoms with E-state index in [9.17, 15) is 4.79 Å². The van der Waals surface area contributed by atoms with Crippen molar-refractivity contribution in [3.05, 3.63) is 16.1 Å². The second-order valence-corrected chi connectivity index (χ2v) is 6.63. The van der Waals surface area contributed by atoms with Crippen LogP contribution in [-0.2, 0) is 11.3 Å². The fraction of sp³-hybridized carbons (Fsp3) is 0.714. The number of carboxylic acids is 1. The van der Waals surface area contributed by atoms with Crippen molar-refractivity contribution in [1.82, 2.24) is 14.8 Å². The summed E-state index contributed by atoms with van der Waals surface area (Å²) in [5, 5.41) is 9.74. The van der Waals surface area contributed by atoms with E-state index in [-0.39, 0.29) is 0 Å². The number of hydrogen-bond donors (Lipinski definition) is 1. The topological polar surface area (TPSA) is 56.7 Å². The van der Waals surface area contributed by atoms with E-state index in [2.05, 4.69) is 14.8 Å². The lowest BCUT2D eigenvalue weighted by Gasteiger charge is -2.34. The number of aryl methyl sites for hydroxylation is 1. The molecule has 0 aromatic carbocycles. The molecule has 1 saturated heterocycles. The van der Waals surface area contributed by atoms with E-state index in [1.165, 1.54) is 4.88 Å². The summed E-state index contributed by atoms with van der Waals surface area (Å²) in [5.41, 5.74) is 0. The molecule has 1 N–H and O–H groups in total. The second kappa shape index (κ2) is 7.71. The Labute approximate surface area is 124 Å². The molecule has 1 aliphatic heterocycles. The molecular weight excluding hydrogens is 274 g/mol. The van der Waals surface area contributed by atoms with Crippen LogP contribution in [0.3, 0.4) is 0 Å². The number of rotatable bonds is 7. The molecule has 5 nitrogen and oxygen atoms in total. The van der Waals surface area contributed by atoms with Gasteiger partial charge in [0.15, 0.2) is 0 Å². The normalized spacial score (nSPS) is 17.4. The molecule has 0 atom stereocenters. The van der Waals surface area contributed by atoms with E-state index in [0.717, 1.165) is 57.1 Å². The first-order valence-corrected chi connectivity index (χ1v) is 8.03. The number of piperazine rings is 1. The molecule has 112 valence electrons. The standard InChI is InChI=1S/C14H23N3O2S/c1-12-15-10-13(20-12)11-17-8-6-16(7-9-17)5-3-2-4-14(18)19/h10H,2-9,11H2,1H3,(H,18,19). The van der Waals surface area contributed by atoms with Crippen molar-refractivity contribution in [2.75, 3.05) is 32.7 Å². The minimum atomic E-state index is -0.685. The monoisotopic (exact) mass is 297 g/mol. The average Bonchev–Trinajstić information content (AvgIpc) is 2.82. The van der Waals surface area contributed by atoms with Crippen molar-refractivity contribution in [2.24, 2.45) is 0 Å². The van der Waals surface area contributed by atoms with Crippen LogP contribution in [0.2, 0.25) is 0 Å². The Balaban J connectivity index is 1.61. The Hall–Kier alpha value is -0.980. The van der Waals surface area contributed by atoms with Gasteiger partial charge in [-0.1, -0.05) is 0 Å². The SMILES string of the molecule is Cc1ncc(CN2CCN(CCCCC(=O)O)CC2)s1. The summed E-state index contributed by atoms with van der Waals surface area (Å²) in [4.78, 5) is 21.0. The molecule has 2 rings (SSSR count). The van der Waals surface area contributed by atoms with Crippen LogP contribution >= 0.6 is 11.3 Å². The molecule has 0 bridgehead atoms. The van der Waals surface area contributed by atoms with Gasteiger partial charge in [0.25, 0.3) is 0 Å². The zero-order valence-corrected chi connectivity index (χ0v) is 12.9. The van der Waals surface area contributed by atoms with Gasteiger partial charge in [-0.2, -0.15) is 0 Å². The number of aromatic nitrogens is 1. The molecule has 0 radical (unpaired) electrons. The summed E-state index contributed by atoms with van der Waals surface area (Å²) in [7, 11) is 0. The highest BCUT2D eigenvalue weighted by molar-refractivity contribution is 7.11. The Kier molecular flexibility index (Phi) is 5.94. The zero-order chi connectivity index (χ0) is 14.4. The van der Waals surface area contributed by atoms with Gasteiger partial charge in [0.05, 0.1) is 5.01 Å². The van der Waals surface area contributed by atoms with Crippen molar-refractivity contribution in [1.29, 1.82) is 0 Å². The number of unbranched alkanes of at least 4 members (excludes halogenated alkanes) is 1. The number of nitrogens with zero attached hydrogens (tertiary/aromatic N) is 3. The van der Waals surface area contributed by atoms with Crippen molar-refractivity contribution < 1.29 is 9.90 Å². The molecule has 0 unspecified atom stereocenters. The predicted molar refractivity (Wildman–Crippen MR) is 80.1 cm³/mol. The fourth-order valence-corrected chi connectivity index (χ4v) is 3.32. The quantitative estimate of drug-likeness (QED) is 0.778.